The van der Waals surface area contributed by atoms with Crippen LogP contribution in [0.15, 0.2) is 12.4 Å². The highest BCUT2D eigenvalue weighted by molar-refractivity contribution is 5.38. The van der Waals surface area contributed by atoms with Gasteiger partial charge in [-0.15, -0.1) is 0 Å². The molecule has 3 N–H and O–H groups in total. The molecule has 2 atom stereocenters. The van der Waals surface area contributed by atoms with Gasteiger partial charge in [-0.1, -0.05) is 13.8 Å². The molecule has 0 aromatic carbocycles. The van der Waals surface area contributed by atoms with E-state index in [1.807, 2.05) is 0 Å². The summed E-state index contributed by atoms with van der Waals surface area (Å²) in [6.07, 6.45) is 4.52. The van der Waals surface area contributed by atoms with Crippen molar-refractivity contribution in [2.24, 2.45) is 5.41 Å². The van der Waals surface area contributed by atoms with Crippen LogP contribution in [0.2, 0.25) is 0 Å². The van der Waals surface area contributed by atoms with Crippen molar-refractivity contribution in [1.29, 1.82) is 0 Å². The lowest BCUT2D eigenvalue weighted by Crippen LogP contribution is -2.57. The van der Waals surface area contributed by atoms with Gasteiger partial charge >= 0.3 is 0 Å². The van der Waals surface area contributed by atoms with Gasteiger partial charge in [-0.3, -0.25) is 0 Å². The number of nitrogens with one attached hydrogen (secondary N) is 1. The number of anilines is 2. The molecule has 1 aliphatic carbocycles. The molecule has 0 amide bonds. The molecule has 0 bridgehead atoms. The third-order valence-electron chi connectivity index (χ3n) is 3.46. The number of ether oxygens (including phenoxy) is 1. The van der Waals surface area contributed by atoms with E-state index in [1.54, 1.807) is 19.5 Å². The van der Waals surface area contributed by atoms with Gasteiger partial charge < -0.3 is 15.8 Å². The topological polar surface area (TPSA) is 73.1 Å². The van der Waals surface area contributed by atoms with E-state index in [0.717, 1.165) is 12.2 Å². The summed E-state index contributed by atoms with van der Waals surface area (Å²) in [4.78, 5) is 8.18. The molecule has 0 aliphatic heterocycles. The molecule has 1 aromatic rings. The summed E-state index contributed by atoms with van der Waals surface area (Å²) in [6, 6.07) is 0.371. The van der Waals surface area contributed by atoms with Crippen molar-refractivity contribution in [2.75, 3.05) is 18.2 Å². The molecule has 2 unspecified atom stereocenters. The molecule has 5 heteroatoms. The summed E-state index contributed by atoms with van der Waals surface area (Å²) >= 11 is 0. The van der Waals surface area contributed by atoms with Crippen molar-refractivity contribution >= 4 is 11.6 Å². The number of aromatic nitrogens is 2. The average Bonchev–Trinajstić information content (AvgIpc) is 2.26. The van der Waals surface area contributed by atoms with Gasteiger partial charge in [0.2, 0.25) is 0 Å². The lowest BCUT2D eigenvalue weighted by atomic mass is 9.64. The SMILES string of the molecule is COC1CC(Nc2cnc(N)cn2)C1(C)C. The zero-order chi connectivity index (χ0) is 11.8. The van der Waals surface area contributed by atoms with E-state index < -0.39 is 0 Å². The fourth-order valence-corrected chi connectivity index (χ4v) is 2.12. The Morgan fingerprint density at radius 1 is 1.44 bits per heavy atom. The first kappa shape index (κ1) is 11.1. The number of hydrogen-bond acceptors (Lipinski definition) is 5. The summed E-state index contributed by atoms with van der Waals surface area (Å²) in [5.41, 5.74) is 5.60. The molecule has 1 heterocycles. The lowest BCUT2D eigenvalue weighted by molar-refractivity contribution is -0.0795. The molecule has 2 rings (SSSR count). The quantitative estimate of drug-likeness (QED) is 0.806. The first-order valence-electron chi connectivity index (χ1n) is 5.41. The third kappa shape index (κ3) is 1.82. The number of rotatable bonds is 3. The molecule has 16 heavy (non-hydrogen) atoms. The fraction of sp³-hybridized carbons (Fsp3) is 0.636. The van der Waals surface area contributed by atoms with E-state index in [9.17, 15) is 0 Å². The van der Waals surface area contributed by atoms with Crippen LogP contribution in [-0.4, -0.2) is 29.2 Å². The van der Waals surface area contributed by atoms with Crippen LogP contribution in [0.1, 0.15) is 20.3 Å². The Bertz CT molecular complexity index is 363. The summed E-state index contributed by atoms with van der Waals surface area (Å²) in [7, 11) is 1.76. The van der Waals surface area contributed by atoms with Crippen molar-refractivity contribution in [3.8, 4) is 0 Å². The number of hydrogen-bond donors (Lipinski definition) is 2. The molecule has 1 fully saturated rings. The van der Waals surface area contributed by atoms with Crippen LogP contribution in [0.25, 0.3) is 0 Å². The smallest absolute Gasteiger partial charge is 0.144 e. The Morgan fingerprint density at radius 3 is 2.69 bits per heavy atom. The first-order chi connectivity index (χ1) is 7.54. The van der Waals surface area contributed by atoms with Crippen molar-refractivity contribution in [2.45, 2.75) is 32.4 Å². The molecule has 0 radical (unpaired) electrons. The van der Waals surface area contributed by atoms with E-state index in [0.29, 0.717) is 18.0 Å². The highest BCUT2D eigenvalue weighted by Crippen LogP contribution is 2.43. The van der Waals surface area contributed by atoms with Crippen molar-refractivity contribution in [1.82, 2.24) is 9.97 Å². The Hall–Kier alpha value is -1.36. The molecule has 1 aromatic heterocycles. The maximum absolute atomic E-state index is 5.48. The first-order valence-corrected chi connectivity index (χ1v) is 5.41. The summed E-state index contributed by atoms with van der Waals surface area (Å²) in [5, 5.41) is 3.35. The van der Waals surface area contributed by atoms with Crippen molar-refractivity contribution in [3.05, 3.63) is 12.4 Å². The minimum Gasteiger partial charge on any atom is -0.382 e. The second-order valence-corrected chi connectivity index (χ2v) is 4.80. The van der Waals surface area contributed by atoms with Gasteiger partial charge in [-0.05, 0) is 6.42 Å². The Balaban J connectivity index is 1.99. The molecule has 1 aliphatic rings. The second-order valence-electron chi connectivity index (χ2n) is 4.80. The largest absolute Gasteiger partial charge is 0.382 e. The van der Waals surface area contributed by atoms with Crippen LogP contribution in [0, 0.1) is 5.41 Å². The Labute approximate surface area is 95.4 Å². The van der Waals surface area contributed by atoms with Crippen molar-refractivity contribution < 1.29 is 4.74 Å². The molecular formula is C11H18N4O. The summed E-state index contributed by atoms with van der Waals surface area (Å²) < 4.78 is 5.39. The number of nitrogen functional groups attached to an aromatic ring is 1. The molecule has 1 saturated carbocycles. The molecular weight excluding hydrogens is 204 g/mol. The highest BCUT2D eigenvalue weighted by Gasteiger charge is 2.48. The second kappa shape index (κ2) is 3.90. The summed E-state index contributed by atoms with van der Waals surface area (Å²) in [6.45, 7) is 4.38. The molecule has 5 nitrogen and oxygen atoms in total. The molecule has 0 saturated heterocycles. The van der Waals surface area contributed by atoms with Crippen LogP contribution in [0.4, 0.5) is 11.6 Å². The van der Waals surface area contributed by atoms with E-state index in [2.05, 4.69) is 29.1 Å². The normalized spacial score (nSPS) is 27.2. The van der Waals surface area contributed by atoms with E-state index in [4.69, 9.17) is 10.5 Å². The standard InChI is InChI=1S/C11H18N4O/c1-11(2)7(4-8(11)16-3)15-10-6-13-9(12)5-14-10/h5-8H,4H2,1-3H3,(H2,12,13)(H,14,15). The zero-order valence-corrected chi connectivity index (χ0v) is 9.90. The Morgan fingerprint density at radius 2 is 2.19 bits per heavy atom. The molecule has 0 spiro atoms. The zero-order valence-electron chi connectivity index (χ0n) is 9.90. The number of nitrogens with zero attached hydrogens (tertiary/aromatic N) is 2. The van der Waals surface area contributed by atoms with E-state index in [1.165, 1.54) is 0 Å². The van der Waals surface area contributed by atoms with Crippen molar-refractivity contribution in [3.63, 3.8) is 0 Å². The van der Waals surface area contributed by atoms with Crippen LogP contribution >= 0.6 is 0 Å². The van der Waals surface area contributed by atoms with Crippen LogP contribution in [0.3, 0.4) is 0 Å². The van der Waals surface area contributed by atoms with E-state index >= 15 is 0 Å². The predicted octanol–water partition coefficient (Wildman–Crippen LogP) is 1.28. The average molecular weight is 222 g/mol. The van der Waals surface area contributed by atoms with Gasteiger partial charge in [0.1, 0.15) is 11.6 Å². The van der Waals surface area contributed by atoms with Gasteiger partial charge in [0.25, 0.3) is 0 Å². The molecule has 88 valence electrons. The van der Waals surface area contributed by atoms with Gasteiger partial charge in [-0.2, -0.15) is 0 Å². The highest BCUT2D eigenvalue weighted by atomic mass is 16.5. The van der Waals surface area contributed by atoms with Crippen LogP contribution in [0.5, 0.6) is 0 Å². The van der Waals surface area contributed by atoms with Crippen LogP contribution in [-0.2, 0) is 4.74 Å². The Kier molecular flexibility index (Phi) is 2.71. The monoisotopic (exact) mass is 222 g/mol. The van der Waals surface area contributed by atoms with Gasteiger partial charge in [0.15, 0.2) is 0 Å². The van der Waals surface area contributed by atoms with Gasteiger partial charge in [0.05, 0.1) is 18.5 Å². The maximum Gasteiger partial charge on any atom is 0.144 e. The maximum atomic E-state index is 5.48. The minimum absolute atomic E-state index is 0.123. The van der Waals surface area contributed by atoms with Crippen LogP contribution < -0.4 is 11.1 Å². The fourth-order valence-electron chi connectivity index (χ4n) is 2.12. The number of methoxy groups -OCH3 is 1. The van der Waals surface area contributed by atoms with Gasteiger partial charge in [0, 0.05) is 18.6 Å². The third-order valence-corrected chi connectivity index (χ3v) is 3.46. The predicted molar refractivity (Wildman–Crippen MR) is 63.1 cm³/mol. The lowest BCUT2D eigenvalue weighted by Gasteiger charge is -2.51. The number of nitrogens with two attached hydrogens (primary N) is 1. The van der Waals surface area contributed by atoms with E-state index in [-0.39, 0.29) is 5.41 Å². The summed E-state index contributed by atoms with van der Waals surface area (Å²) in [5.74, 6) is 1.20. The van der Waals surface area contributed by atoms with Gasteiger partial charge in [-0.25, -0.2) is 9.97 Å². The minimum atomic E-state index is 0.123.